The number of fused-ring (bicyclic) bond motifs is 1. The fourth-order valence-electron chi connectivity index (χ4n) is 2.15. The highest BCUT2D eigenvalue weighted by Gasteiger charge is 2.39. The summed E-state index contributed by atoms with van der Waals surface area (Å²) in [6, 6.07) is 6.51. The second kappa shape index (κ2) is 5.29. The number of hydrogen-bond acceptors (Lipinski definition) is 5. The Morgan fingerprint density at radius 2 is 1.90 bits per heavy atom. The Hall–Kier alpha value is -2.21. The Bertz CT molecular complexity index is 604. The van der Waals surface area contributed by atoms with Crippen molar-refractivity contribution in [2.45, 2.75) is 32.8 Å². The number of carbonyl (C=O) groups excluding carboxylic acids is 3. The summed E-state index contributed by atoms with van der Waals surface area (Å²) in [7, 11) is 0. The predicted octanol–water partition coefficient (Wildman–Crippen LogP) is 1.44. The van der Waals surface area contributed by atoms with Crippen molar-refractivity contribution in [1.29, 1.82) is 0 Å². The standard InChI is InChI=1S/C15H18N2O4/c1-15(2,3)21-14(20)10-8-12(18)9-6-4-5-7-11(9)17(16)13(10)19/h4-7,10H,8,16H2,1-3H3/t10-/m0/s1. The van der Waals surface area contributed by atoms with Crippen LogP contribution >= 0.6 is 0 Å². The fourth-order valence-corrected chi connectivity index (χ4v) is 2.15. The van der Waals surface area contributed by atoms with E-state index in [0.717, 1.165) is 5.01 Å². The number of esters is 1. The maximum absolute atomic E-state index is 12.3. The third-order valence-corrected chi connectivity index (χ3v) is 3.08. The molecule has 0 spiro atoms. The van der Waals surface area contributed by atoms with E-state index in [-0.39, 0.29) is 12.2 Å². The maximum atomic E-state index is 12.3. The molecule has 1 amide bonds. The summed E-state index contributed by atoms with van der Waals surface area (Å²) in [5, 5.41) is 0.856. The van der Waals surface area contributed by atoms with Crippen molar-refractivity contribution in [3.63, 3.8) is 0 Å². The van der Waals surface area contributed by atoms with Gasteiger partial charge in [0.05, 0.1) is 5.69 Å². The van der Waals surface area contributed by atoms with Crippen molar-refractivity contribution in [3.8, 4) is 0 Å². The van der Waals surface area contributed by atoms with Gasteiger partial charge in [0, 0.05) is 12.0 Å². The molecule has 1 aliphatic heterocycles. The van der Waals surface area contributed by atoms with Gasteiger partial charge in [-0.25, -0.2) is 10.9 Å². The van der Waals surface area contributed by atoms with Gasteiger partial charge in [0.2, 0.25) is 0 Å². The normalized spacial score (nSPS) is 19.0. The zero-order valence-electron chi connectivity index (χ0n) is 12.3. The lowest BCUT2D eigenvalue weighted by molar-refractivity contribution is -0.161. The number of ether oxygens (including phenoxy) is 1. The highest BCUT2D eigenvalue weighted by atomic mass is 16.6. The van der Waals surface area contributed by atoms with Gasteiger partial charge in [-0.15, -0.1) is 0 Å². The first-order valence-corrected chi connectivity index (χ1v) is 6.64. The van der Waals surface area contributed by atoms with Gasteiger partial charge in [-0.2, -0.15) is 0 Å². The summed E-state index contributed by atoms with van der Waals surface area (Å²) >= 11 is 0. The van der Waals surface area contributed by atoms with Gasteiger partial charge in [-0.3, -0.25) is 14.4 Å². The van der Waals surface area contributed by atoms with Gasteiger partial charge >= 0.3 is 5.97 Å². The van der Waals surface area contributed by atoms with E-state index in [1.807, 2.05) is 0 Å². The molecule has 6 heteroatoms. The Kier molecular flexibility index (Phi) is 3.82. The molecule has 0 bridgehead atoms. The Morgan fingerprint density at radius 3 is 2.52 bits per heavy atom. The first-order chi connectivity index (χ1) is 9.70. The minimum absolute atomic E-state index is 0.238. The van der Waals surface area contributed by atoms with Crippen LogP contribution in [-0.4, -0.2) is 23.3 Å². The van der Waals surface area contributed by atoms with Gasteiger partial charge in [-0.05, 0) is 32.9 Å². The summed E-state index contributed by atoms with van der Waals surface area (Å²) in [6.07, 6.45) is -0.238. The minimum Gasteiger partial charge on any atom is -0.459 e. The summed E-state index contributed by atoms with van der Waals surface area (Å²) in [5.74, 6) is 2.88. The second-order valence-corrected chi connectivity index (χ2v) is 5.94. The van der Waals surface area contributed by atoms with E-state index in [4.69, 9.17) is 10.6 Å². The maximum Gasteiger partial charge on any atom is 0.319 e. The molecule has 1 aliphatic rings. The molecule has 1 aromatic carbocycles. The molecule has 0 saturated heterocycles. The Labute approximate surface area is 122 Å². The third-order valence-electron chi connectivity index (χ3n) is 3.08. The lowest BCUT2D eigenvalue weighted by Gasteiger charge is -2.24. The number of ketones is 1. The van der Waals surface area contributed by atoms with Gasteiger partial charge in [0.25, 0.3) is 5.91 Å². The molecule has 6 nitrogen and oxygen atoms in total. The number of nitrogens with two attached hydrogens (primary N) is 1. The predicted molar refractivity (Wildman–Crippen MR) is 76.4 cm³/mol. The molecule has 2 N–H and O–H groups in total. The number of benzene rings is 1. The summed E-state index contributed by atoms with van der Waals surface area (Å²) < 4.78 is 5.20. The topological polar surface area (TPSA) is 89.7 Å². The lowest BCUT2D eigenvalue weighted by atomic mass is 9.99. The number of carbonyl (C=O) groups is 3. The molecule has 0 fully saturated rings. The van der Waals surface area contributed by atoms with Crippen LogP contribution in [0.3, 0.4) is 0 Å². The molecule has 0 saturated carbocycles. The van der Waals surface area contributed by atoms with Gasteiger partial charge in [0.1, 0.15) is 11.5 Å². The van der Waals surface area contributed by atoms with E-state index in [1.54, 1.807) is 45.0 Å². The number of hydrogen-bond donors (Lipinski definition) is 1. The monoisotopic (exact) mass is 290 g/mol. The number of hydrazine groups is 1. The van der Waals surface area contributed by atoms with Crippen LogP contribution in [0.15, 0.2) is 24.3 Å². The molecule has 1 heterocycles. The van der Waals surface area contributed by atoms with Crippen molar-refractivity contribution < 1.29 is 19.1 Å². The van der Waals surface area contributed by atoms with Crippen molar-refractivity contribution in [3.05, 3.63) is 29.8 Å². The van der Waals surface area contributed by atoms with Crippen LogP contribution in [-0.2, 0) is 14.3 Å². The molecule has 1 aromatic rings. The Balaban J connectivity index is 2.35. The van der Waals surface area contributed by atoms with Crippen molar-refractivity contribution in [2.24, 2.45) is 11.8 Å². The summed E-state index contributed by atoms with van der Waals surface area (Å²) in [5.41, 5.74) is -0.100. The number of anilines is 1. The highest BCUT2D eigenvalue weighted by molar-refractivity contribution is 6.16. The van der Waals surface area contributed by atoms with E-state index in [2.05, 4.69) is 0 Å². The lowest BCUT2D eigenvalue weighted by Crippen LogP contribution is -2.45. The van der Waals surface area contributed by atoms with Crippen molar-refractivity contribution in [1.82, 2.24) is 0 Å². The number of rotatable bonds is 1. The quantitative estimate of drug-likeness (QED) is 0.366. The molecule has 1 atom stereocenters. The smallest absolute Gasteiger partial charge is 0.319 e. The van der Waals surface area contributed by atoms with Crippen LogP contribution in [0.2, 0.25) is 0 Å². The third kappa shape index (κ3) is 3.11. The van der Waals surface area contributed by atoms with Crippen LogP contribution in [0, 0.1) is 5.92 Å². The summed E-state index contributed by atoms with van der Waals surface area (Å²) in [4.78, 5) is 36.7. The number of para-hydroxylation sites is 1. The summed E-state index contributed by atoms with van der Waals surface area (Å²) in [6.45, 7) is 5.09. The zero-order chi connectivity index (χ0) is 15.8. The first-order valence-electron chi connectivity index (χ1n) is 6.64. The number of amides is 1. The van der Waals surface area contributed by atoms with Crippen LogP contribution in [0.5, 0.6) is 0 Å². The second-order valence-electron chi connectivity index (χ2n) is 5.94. The molecule has 2 rings (SSSR count). The number of nitrogens with zero attached hydrogens (tertiary/aromatic N) is 1. The van der Waals surface area contributed by atoms with Crippen molar-refractivity contribution >= 4 is 23.3 Å². The van der Waals surface area contributed by atoms with Gasteiger partial charge in [-0.1, -0.05) is 12.1 Å². The van der Waals surface area contributed by atoms with Gasteiger partial charge < -0.3 is 4.74 Å². The van der Waals surface area contributed by atoms with Crippen LogP contribution < -0.4 is 10.9 Å². The molecule has 21 heavy (non-hydrogen) atoms. The van der Waals surface area contributed by atoms with Gasteiger partial charge in [0.15, 0.2) is 5.78 Å². The molecule has 0 aliphatic carbocycles. The van der Waals surface area contributed by atoms with E-state index in [9.17, 15) is 14.4 Å². The first kappa shape index (κ1) is 15.2. The van der Waals surface area contributed by atoms with Crippen molar-refractivity contribution in [2.75, 3.05) is 5.01 Å². The largest absolute Gasteiger partial charge is 0.459 e. The number of Topliss-reactive ketones (excluding diaryl/α,β-unsaturated/α-hetero) is 1. The Morgan fingerprint density at radius 1 is 1.29 bits per heavy atom. The SMILES string of the molecule is CC(C)(C)OC(=O)[C@H]1CC(=O)c2ccccc2N(N)C1=O. The molecule has 112 valence electrons. The van der Waals surface area contributed by atoms with E-state index >= 15 is 0 Å². The van der Waals surface area contributed by atoms with Crippen LogP contribution in [0.25, 0.3) is 0 Å². The van der Waals surface area contributed by atoms with Crippen LogP contribution in [0.1, 0.15) is 37.6 Å². The molecule has 0 aromatic heterocycles. The molecule has 0 radical (unpaired) electrons. The minimum atomic E-state index is -1.21. The fraction of sp³-hybridized carbons (Fsp3) is 0.400. The molecular weight excluding hydrogens is 272 g/mol. The average molecular weight is 290 g/mol. The van der Waals surface area contributed by atoms with Crippen LogP contribution in [0.4, 0.5) is 5.69 Å². The average Bonchev–Trinajstić information content (AvgIpc) is 2.49. The van der Waals surface area contributed by atoms with E-state index in [0.29, 0.717) is 11.3 Å². The molecular formula is C15H18N2O4. The molecule has 0 unspecified atom stereocenters. The van der Waals surface area contributed by atoms with E-state index < -0.39 is 23.4 Å². The zero-order valence-corrected chi connectivity index (χ0v) is 12.3. The van der Waals surface area contributed by atoms with E-state index in [1.165, 1.54) is 0 Å². The highest BCUT2D eigenvalue weighted by Crippen LogP contribution is 2.28.